The zero-order chi connectivity index (χ0) is 9.26. The van der Waals surface area contributed by atoms with Gasteiger partial charge in [0.25, 0.3) is 0 Å². The molecule has 2 rings (SSSR count). The van der Waals surface area contributed by atoms with Crippen molar-refractivity contribution in [1.82, 2.24) is 0 Å². The van der Waals surface area contributed by atoms with Gasteiger partial charge in [-0.05, 0) is 12.1 Å². The number of fused-ring (bicyclic) bond motifs is 1. The highest BCUT2D eigenvalue weighted by Crippen LogP contribution is 2.30. The molecule has 1 aliphatic rings. The predicted octanol–water partition coefficient (Wildman–Crippen LogP) is 1.66. The molecule has 0 unspecified atom stereocenters. The van der Waals surface area contributed by atoms with Crippen LogP contribution in [0.1, 0.15) is 10.4 Å². The highest BCUT2D eigenvalue weighted by molar-refractivity contribution is 5.96. The first kappa shape index (κ1) is 7.67. The van der Waals surface area contributed by atoms with Crippen molar-refractivity contribution in [2.75, 3.05) is 5.32 Å². The van der Waals surface area contributed by atoms with Crippen LogP contribution in [0.4, 0.5) is 5.69 Å². The van der Waals surface area contributed by atoms with Crippen LogP contribution in [0.5, 0.6) is 5.75 Å². The zero-order valence-corrected chi connectivity index (χ0v) is 6.65. The summed E-state index contributed by atoms with van der Waals surface area (Å²) >= 11 is 0. The first-order chi connectivity index (χ1) is 6.29. The third-order valence-corrected chi connectivity index (χ3v) is 1.75. The van der Waals surface area contributed by atoms with Crippen LogP contribution in [0.15, 0.2) is 30.7 Å². The van der Waals surface area contributed by atoms with Crippen LogP contribution in [0.2, 0.25) is 0 Å². The Bertz CT molecular complexity index is 384. The third kappa shape index (κ3) is 1.22. The number of ether oxygens (including phenoxy) is 1. The quantitative estimate of drug-likeness (QED) is 0.684. The van der Waals surface area contributed by atoms with Crippen molar-refractivity contribution in [2.45, 2.75) is 0 Å². The van der Waals surface area contributed by atoms with E-state index in [1.54, 1.807) is 18.3 Å². The number of hydrogen-bond acceptors (Lipinski definition) is 3. The van der Waals surface area contributed by atoms with E-state index in [4.69, 9.17) is 9.84 Å². The average molecular weight is 177 g/mol. The molecule has 1 aliphatic heterocycles. The van der Waals surface area contributed by atoms with Gasteiger partial charge >= 0.3 is 5.97 Å². The van der Waals surface area contributed by atoms with Crippen LogP contribution in [0.3, 0.4) is 0 Å². The van der Waals surface area contributed by atoms with Crippen LogP contribution in [-0.4, -0.2) is 11.1 Å². The van der Waals surface area contributed by atoms with Gasteiger partial charge in [0.1, 0.15) is 6.26 Å². The fourth-order valence-corrected chi connectivity index (χ4v) is 1.18. The summed E-state index contributed by atoms with van der Waals surface area (Å²) in [6.07, 6.45) is 3.02. The highest BCUT2D eigenvalue weighted by atomic mass is 16.5. The number of carboxylic acids is 1. The molecule has 2 N–H and O–H groups in total. The van der Waals surface area contributed by atoms with Crippen LogP contribution in [0, 0.1) is 0 Å². The molecule has 4 heteroatoms. The molecule has 0 amide bonds. The van der Waals surface area contributed by atoms with Gasteiger partial charge in [-0.15, -0.1) is 0 Å². The Labute approximate surface area is 74.4 Å². The SMILES string of the molecule is O=C(O)c1cccc2c1NC=CO2. The average Bonchev–Trinajstić information content (AvgIpc) is 2.17. The number of hydrogen-bond donors (Lipinski definition) is 2. The molecule has 4 nitrogen and oxygen atoms in total. The Kier molecular flexibility index (Phi) is 1.66. The van der Waals surface area contributed by atoms with Gasteiger partial charge in [0.05, 0.1) is 11.3 Å². The number of carboxylic acid groups (broad SMARTS) is 1. The lowest BCUT2D eigenvalue weighted by atomic mass is 10.1. The molecule has 0 spiro atoms. The van der Waals surface area contributed by atoms with Crippen LogP contribution >= 0.6 is 0 Å². The molecular weight excluding hydrogens is 170 g/mol. The van der Waals surface area contributed by atoms with Gasteiger partial charge in [0.2, 0.25) is 0 Å². The third-order valence-electron chi connectivity index (χ3n) is 1.75. The van der Waals surface area contributed by atoms with Gasteiger partial charge in [-0.3, -0.25) is 0 Å². The summed E-state index contributed by atoms with van der Waals surface area (Å²) in [6.45, 7) is 0. The molecule has 66 valence electrons. The standard InChI is InChI=1S/C9H7NO3/c11-9(12)6-2-1-3-7-8(6)10-4-5-13-7/h1-5,10H,(H,11,12). The minimum atomic E-state index is -0.969. The summed E-state index contributed by atoms with van der Waals surface area (Å²) in [5.74, 6) is -0.439. The van der Waals surface area contributed by atoms with Gasteiger partial charge in [0.15, 0.2) is 5.75 Å². The molecule has 1 heterocycles. The minimum Gasteiger partial charge on any atom is -0.478 e. The molecule has 1 aromatic carbocycles. The maximum absolute atomic E-state index is 10.8. The highest BCUT2D eigenvalue weighted by Gasteiger charge is 2.15. The van der Waals surface area contributed by atoms with E-state index in [0.717, 1.165) is 0 Å². The lowest BCUT2D eigenvalue weighted by Crippen LogP contribution is -2.06. The van der Waals surface area contributed by atoms with E-state index in [-0.39, 0.29) is 5.56 Å². The van der Waals surface area contributed by atoms with E-state index >= 15 is 0 Å². The van der Waals surface area contributed by atoms with Crippen molar-refractivity contribution in [1.29, 1.82) is 0 Å². The van der Waals surface area contributed by atoms with E-state index in [1.807, 2.05) is 0 Å². The van der Waals surface area contributed by atoms with Gasteiger partial charge < -0.3 is 15.2 Å². The fourth-order valence-electron chi connectivity index (χ4n) is 1.18. The Balaban J connectivity index is 2.55. The minimum absolute atomic E-state index is 0.210. The van der Waals surface area contributed by atoms with E-state index in [0.29, 0.717) is 11.4 Å². The van der Waals surface area contributed by atoms with Gasteiger partial charge in [-0.25, -0.2) is 4.79 Å². The number of anilines is 1. The second-order valence-electron chi connectivity index (χ2n) is 2.55. The lowest BCUT2D eigenvalue weighted by molar-refractivity contribution is 0.0697. The molecule has 0 saturated carbocycles. The van der Waals surface area contributed by atoms with Crippen molar-refractivity contribution in [3.63, 3.8) is 0 Å². The number of aromatic carboxylic acids is 1. The predicted molar refractivity (Wildman–Crippen MR) is 46.8 cm³/mol. The summed E-state index contributed by atoms with van der Waals surface area (Å²) in [5.41, 5.74) is 0.708. The van der Waals surface area contributed by atoms with Crippen LogP contribution in [0.25, 0.3) is 0 Å². The first-order valence-electron chi connectivity index (χ1n) is 3.73. The van der Waals surface area contributed by atoms with Crippen LogP contribution < -0.4 is 10.1 Å². The summed E-state index contributed by atoms with van der Waals surface area (Å²) in [7, 11) is 0. The molecule has 0 aromatic heterocycles. The maximum Gasteiger partial charge on any atom is 0.337 e. The number of para-hydroxylation sites is 1. The van der Waals surface area contributed by atoms with Gasteiger partial charge in [-0.1, -0.05) is 6.07 Å². The first-order valence-corrected chi connectivity index (χ1v) is 3.73. The summed E-state index contributed by atoms with van der Waals surface area (Å²) in [6, 6.07) is 4.87. The molecule has 0 fully saturated rings. The summed E-state index contributed by atoms with van der Waals surface area (Å²) in [5, 5.41) is 11.6. The molecule has 1 aromatic rings. The largest absolute Gasteiger partial charge is 0.478 e. The van der Waals surface area contributed by atoms with Crippen molar-refractivity contribution >= 4 is 11.7 Å². The number of nitrogens with one attached hydrogen (secondary N) is 1. The van der Waals surface area contributed by atoms with E-state index < -0.39 is 5.97 Å². The summed E-state index contributed by atoms with van der Waals surface area (Å²) in [4.78, 5) is 10.8. The number of carbonyl (C=O) groups is 1. The maximum atomic E-state index is 10.8. The molecule has 13 heavy (non-hydrogen) atoms. The number of rotatable bonds is 1. The van der Waals surface area contributed by atoms with Gasteiger partial charge in [-0.2, -0.15) is 0 Å². The Morgan fingerprint density at radius 1 is 1.46 bits per heavy atom. The van der Waals surface area contributed by atoms with Crippen molar-refractivity contribution in [3.05, 3.63) is 36.2 Å². The monoisotopic (exact) mass is 177 g/mol. The van der Waals surface area contributed by atoms with E-state index in [2.05, 4.69) is 5.32 Å². The van der Waals surface area contributed by atoms with Gasteiger partial charge in [0, 0.05) is 6.20 Å². The Morgan fingerprint density at radius 3 is 3.08 bits per heavy atom. The smallest absolute Gasteiger partial charge is 0.337 e. The molecule has 0 saturated heterocycles. The fraction of sp³-hybridized carbons (Fsp3) is 0. The van der Waals surface area contributed by atoms with Crippen LogP contribution in [-0.2, 0) is 0 Å². The molecule has 0 radical (unpaired) electrons. The van der Waals surface area contributed by atoms with Crippen molar-refractivity contribution < 1.29 is 14.6 Å². The molecule has 0 aliphatic carbocycles. The normalized spacial score (nSPS) is 12.6. The van der Waals surface area contributed by atoms with E-state index in [1.165, 1.54) is 12.3 Å². The Morgan fingerprint density at radius 2 is 2.31 bits per heavy atom. The number of benzene rings is 1. The second kappa shape index (κ2) is 2.82. The topological polar surface area (TPSA) is 58.6 Å². The van der Waals surface area contributed by atoms with Crippen molar-refractivity contribution in [2.24, 2.45) is 0 Å². The second-order valence-corrected chi connectivity index (χ2v) is 2.55. The zero-order valence-electron chi connectivity index (χ0n) is 6.65. The molecule has 0 atom stereocenters. The molecular formula is C9H7NO3. The molecule has 0 bridgehead atoms. The summed E-state index contributed by atoms with van der Waals surface area (Å²) < 4.78 is 5.11. The van der Waals surface area contributed by atoms with Crippen molar-refractivity contribution in [3.8, 4) is 5.75 Å². The lowest BCUT2D eigenvalue weighted by Gasteiger charge is -2.14. The van der Waals surface area contributed by atoms with E-state index in [9.17, 15) is 4.79 Å². The Hall–Kier alpha value is -1.97.